The largest absolute Gasteiger partial charge is 0.319 e. The van der Waals surface area contributed by atoms with Crippen LogP contribution in [-0.4, -0.2) is 37.6 Å². The molecule has 1 aliphatic heterocycles. The molecule has 1 saturated carbocycles. The first-order valence-electron chi connectivity index (χ1n) is 8.22. The van der Waals surface area contributed by atoms with Crippen LogP contribution in [0.2, 0.25) is 0 Å². The van der Waals surface area contributed by atoms with Gasteiger partial charge in [0.25, 0.3) is 0 Å². The Labute approximate surface area is 114 Å². The quantitative estimate of drug-likeness (QED) is 0.773. The highest BCUT2D eigenvalue weighted by molar-refractivity contribution is 4.82. The summed E-state index contributed by atoms with van der Waals surface area (Å²) in [6.07, 6.45) is 11.6. The van der Waals surface area contributed by atoms with Gasteiger partial charge in [0.05, 0.1) is 0 Å². The summed E-state index contributed by atoms with van der Waals surface area (Å²) in [5.41, 5.74) is 0. The lowest BCUT2D eigenvalue weighted by atomic mass is 9.94. The van der Waals surface area contributed by atoms with E-state index in [0.29, 0.717) is 0 Å². The van der Waals surface area contributed by atoms with E-state index in [0.717, 1.165) is 17.9 Å². The monoisotopic (exact) mass is 252 g/mol. The third-order valence-corrected chi connectivity index (χ3v) is 5.29. The van der Waals surface area contributed by atoms with Gasteiger partial charge >= 0.3 is 0 Å². The molecule has 0 aromatic carbocycles. The summed E-state index contributed by atoms with van der Waals surface area (Å²) in [7, 11) is 2.09. The number of nitrogens with zero attached hydrogens (tertiary/aromatic N) is 1. The van der Waals surface area contributed by atoms with Gasteiger partial charge in [-0.25, -0.2) is 0 Å². The molecule has 2 fully saturated rings. The van der Waals surface area contributed by atoms with Crippen molar-refractivity contribution in [1.82, 2.24) is 10.2 Å². The Hall–Kier alpha value is -0.0800. The maximum Gasteiger partial charge on any atom is 0.00953 e. The van der Waals surface area contributed by atoms with Gasteiger partial charge in [0.2, 0.25) is 0 Å². The predicted octanol–water partition coefficient (Wildman–Crippen LogP) is 3.28. The molecule has 0 spiro atoms. The molecule has 2 rings (SSSR count). The van der Waals surface area contributed by atoms with Crippen LogP contribution in [0.5, 0.6) is 0 Å². The first kappa shape index (κ1) is 14.3. The van der Waals surface area contributed by atoms with Crippen molar-refractivity contribution in [2.24, 2.45) is 11.8 Å². The fourth-order valence-corrected chi connectivity index (χ4v) is 3.94. The number of piperidine rings is 1. The highest BCUT2D eigenvalue weighted by Gasteiger charge is 2.26. The van der Waals surface area contributed by atoms with Crippen molar-refractivity contribution < 1.29 is 0 Å². The molecule has 2 nitrogen and oxygen atoms in total. The summed E-state index contributed by atoms with van der Waals surface area (Å²) in [5.74, 6) is 1.96. The zero-order valence-electron chi connectivity index (χ0n) is 12.5. The van der Waals surface area contributed by atoms with Gasteiger partial charge in [0.1, 0.15) is 0 Å². The second-order valence-electron chi connectivity index (χ2n) is 6.47. The molecule has 0 aromatic heterocycles. The van der Waals surface area contributed by atoms with Crippen LogP contribution in [0.15, 0.2) is 0 Å². The Morgan fingerprint density at radius 3 is 2.39 bits per heavy atom. The summed E-state index contributed by atoms with van der Waals surface area (Å²) < 4.78 is 0. The van der Waals surface area contributed by atoms with Crippen molar-refractivity contribution in [1.29, 1.82) is 0 Å². The molecular formula is C16H32N2. The van der Waals surface area contributed by atoms with Gasteiger partial charge in [-0.3, -0.25) is 0 Å². The van der Waals surface area contributed by atoms with Crippen LogP contribution in [0.25, 0.3) is 0 Å². The van der Waals surface area contributed by atoms with Gasteiger partial charge in [-0.15, -0.1) is 0 Å². The van der Waals surface area contributed by atoms with E-state index >= 15 is 0 Å². The lowest BCUT2D eigenvalue weighted by molar-refractivity contribution is 0.120. The molecule has 2 atom stereocenters. The fourth-order valence-electron chi connectivity index (χ4n) is 3.94. The first-order chi connectivity index (χ1) is 8.83. The zero-order chi connectivity index (χ0) is 12.8. The molecule has 1 N–H and O–H groups in total. The van der Waals surface area contributed by atoms with Crippen LogP contribution < -0.4 is 5.32 Å². The molecule has 18 heavy (non-hydrogen) atoms. The van der Waals surface area contributed by atoms with E-state index in [1.54, 1.807) is 0 Å². The third kappa shape index (κ3) is 3.96. The van der Waals surface area contributed by atoms with Gasteiger partial charge in [-0.05, 0) is 70.6 Å². The molecular weight excluding hydrogens is 220 g/mol. The molecule has 2 heteroatoms. The van der Waals surface area contributed by atoms with Crippen molar-refractivity contribution in [2.75, 3.05) is 26.7 Å². The Morgan fingerprint density at radius 2 is 1.72 bits per heavy atom. The highest BCUT2D eigenvalue weighted by Crippen LogP contribution is 2.30. The van der Waals surface area contributed by atoms with E-state index in [1.165, 1.54) is 71.0 Å². The molecule has 2 aliphatic rings. The SMILES string of the molecule is CCC1CCCC(N2CCC(CNC)CC2)CC1. The molecule has 0 bridgehead atoms. The smallest absolute Gasteiger partial charge is 0.00953 e. The minimum Gasteiger partial charge on any atom is -0.319 e. The van der Waals surface area contributed by atoms with E-state index in [9.17, 15) is 0 Å². The standard InChI is InChI=1S/C16H32N2/c1-3-14-5-4-6-16(8-7-14)18-11-9-15(10-12-18)13-17-2/h14-17H,3-13H2,1-2H3. The third-order valence-electron chi connectivity index (χ3n) is 5.29. The zero-order valence-corrected chi connectivity index (χ0v) is 12.5. The maximum atomic E-state index is 3.34. The highest BCUT2D eigenvalue weighted by atomic mass is 15.2. The fraction of sp³-hybridized carbons (Fsp3) is 1.00. The molecule has 1 heterocycles. The van der Waals surface area contributed by atoms with E-state index in [1.807, 2.05) is 0 Å². The van der Waals surface area contributed by atoms with Gasteiger partial charge in [-0.1, -0.05) is 26.2 Å². The van der Waals surface area contributed by atoms with Gasteiger partial charge < -0.3 is 10.2 Å². The lowest BCUT2D eigenvalue weighted by Crippen LogP contribution is -2.42. The number of rotatable bonds is 4. The summed E-state index contributed by atoms with van der Waals surface area (Å²) in [6, 6.07) is 0.914. The number of hydrogen-bond acceptors (Lipinski definition) is 2. The van der Waals surface area contributed by atoms with Crippen LogP contribution in [-0.2, 0) is 0 Å². The van der Waals surface area contributed by atoms with E-state index in [-0.39, 0.29) is 0 Å². The lowest BCUT2D eigenvalue weighted by Gasteiger charge is -2.37. The van der Waals surface area contributed by atoms with Crippen LogP contribution in [0.4, 0.5) is 0 Å². The van der Waals surface area contributed by atoms with Gasteiger partial charge in [-0.2, -0.15) is 0 Å². The summed E-state index contributed by atoms with van der Waals surface area (Å²) >= 11 is 0. The van der Waals surface area contributed by atoms with Gasteiger partial charge in [0, 0.05) is 6.04 Å². The van der Waals surface area contributed by atoms with E-state index < -0.39 is 0 Å². The normalized spacial score (nSPS) is 32.3. The Morgan fingerprint density at radius 1 is 0.944 bits per heavy atom. The summed E-state index contributed by atoms with van der Waals surface area (Å²) in [6.45, 7) is 6.30. The molecule has 0 amide bonds. The number of nitrogens with one attached hydrogen (secondary N) is 1. The Balaban J connectivity index is 1.75. The Bertz CT molecular complexity index is 221. The predicted molar refractivity (Wildman–Crippen MR) is 78.9 cm³/mol. The van der Waals surface area contributed by atoms with Crippen molar-refractivity contribution in [3.05, 3.63) is 0 Å². The van der Waals surface area contributed by atoms with E-state index in [4.69, 9.17) is 0 Å². The van der Waals surface area contributed by atoms with Crippen LogP contribution in [0, 0.1) is 11.8 Å². The molecule has 0 radical (unpaired) electrons. The van der Waals surface area contributed by atoms with Crippen molar-refractivity contribution in [2.45, 2.75) is 64.3 Å². The van der Waals surface area contributed by atoms with Crippen molar-refractivity contribution in [3.63, 3.8) is 0 Å². The first-order valence-corrected chi connectivity index (χ1v) is 8.22. The van der Waals surface area contributed by atoms with Crippen LogP contribution in [0.1, 0.15) is 58.3 Å². The van der Waals surface area contributed by atoms with Crippen LogP contribution in [0.3, 0.4) is 0 Å². The van der Waals surface area contributed by atoms with E-state index in [2.05, 4.69) is 24.2 Å². The van der Waals surface area contributed by atoms with Crippen LogP contribution >= 0.6 is 0 Å². The molecule has 0 aromatic rings. The van der Waals surface area contributed by atoms with Crippen molar-refractivity contribution >= 4 is 0 Å². The molecule has 2 unspecified atom stereocenters. The number of likely N-dealkylation sites (tertiary alicyclic amines) is 1. The minimum absolute atomic E-state index is 0.914. The number of hydrogen-bond donors (Lipinski definition) is 1. The topological polar surface area (TPSA) is 15.3 Å². The maximum absolute atomic E-state index is 3.34. The van der Waals surface area contributed by atoms with Crippen molar-refractivity contribution in [3.8, 4) is 0 Å². The Kier molecular flexibility index (Phi) is 5.97. The van der Waals surface area contributed by atoms with Gasteiger partial charge in [0.15, 0.2) is 0 Å². The minimum atomic E-state index is 0.914. The second-order valence-corrected chi connectivity index (χ2v) is 6.47. The second kappa shape index (κ2) is 7.49. The molecule has 1 saturated heterocycles. The summed E-state index contributed by atoms with van der Waals surface area (Å²) in [4.78, 5) is 2.81. The average molecular weight is 252 g/mol. The molecule has 1 aliphatic carbocycles. The summed E-state index contributed by atoms with van der Waals surface area (Å²) in [5, 5.41) is 3.34. The average Bonchev–Trinajstić information content (AvgIpc) is 2.65. The molecule has 106 valence electrons.